The van der Waals surface area contributed by atoms with Crippen LogP contribution in [0.3, 0.4) is 0 Å². The van der Waals surface area contributed by atoms with E-state index in [4.69, 9.17) is 47.4 Å². The zero-order valence-electron chi connectivity index (χ0n) is 39.8. The van der Waals surface area contributed by atoms with Gasteiger partial charge >= 0.3 is 12.1 Å². The highest BCUT2D eigenvalue weighted by atomic mass is 16.7. The van der Waals surface area contributed by atoms with Crippen molar-refractivity contribution in [2.75, 3.05) is 55.7 Å². The van der Waals surface area contributed by atoms with Crippen molar-refractivity contribution < 1.29 is 72.0 Å². The molecule has 1 amide bonds. The number of likely N-dealkylation sites (N-methyl/N-ethyl adjacent to an activating group) is 1. The van der Waals surface area contributed by atoms with Crippen molar-refractivity contribution in [1.82, 2.24) is 10.2 Å². The summed E-state index contributed by atoms with van der Waals surface area (Å²) in [5.74, 6) is -4.08. The summed E-state index contributed by atoms with van der Waals surface area (Å²) in [4.78, 5) is 43.7. The molecule has 17 heteroatoms. The van der Waals surface area contributed by atoms with Crippen LogP contribution in [-0.2, 0) is 57.0 Å². The summed E-state index contributed by atoms with van der Waals surface area (Å²) in [6.07, 6.45) is -8.16. The largest absolute Gasteiger partial charge is 0.459 e. The lowest BCUT2D eigenvalue weighted by Crippen LogP contribution is -2.62. The van der Waals surface area contributed by atoms with E-state index in [1.54, 1.807) is 48.7 Å². The fraction of sp³-hybridized carbons (Fsp3) is 0.932. The number of carbonyl (C=O) groups is 3. The highest BCUT2D eigenvalue weighted by Crippen LogP contribution is 2.42. The molecule has 0 unspecified atom stereocenters. The maximum atomic E-state index is 14.5. The zero-order chi connectivity index (χ0) is 46.2. The Labute approximate surface area is 364 Å². The van der Waals surface area contributed by atoms with E-state index in [0.29, 0.717) is 26.0 Å². The number of aliphatic hydroxyl groups is 2. The maximum Gasteiger partial charge on any atom is 0.407 e. The number of ketones is 1. The van der Waals surface area contributed by atoms with Crippen LogP contribution >= 0.6 is 0 Å². The van der Waals surface area contributed by atoms with Gasteiger partial charge in [-0.05, 0) is 81.3 Å². The Hall–Kier alpha value is -2.03. The van der Waals surface area contributed by atoms with Gasteiger partial charge in [0.1, 0.15) is 29.2 Å². The predicted octanol–water partition coefficient (Wildman–Crippen LogP) is 3.86. The molecular weight excluding hydrogens is 796 g/mol. The van der Waals surface area contributed by atoms with Gasteiger partial charge < -0.3 is 67.8 Å². The van der Waals surface area contributed by atoms with Crippen molar-refractivity contribution in [3.63, 3.8) is 0 Å². The number of hydrogen-bond acceptors (Lipinski definition) is 16. The van der Waals surface area contributed by atoms with Crippen LogP contribution in [0.2, 0.25) is 0 Å². The Bertz CT molecular complexity index is 1400. The van der Waals surface area contributed by atoms with Crippen LogP contribution in [-0.4, -0.2) is 173 Å². The first-order chi connectivity index (χ1) is 28.5. The Morgan fingerprint density at radius 1 is 0.885 bits per heavy atom. The number of ether oxygens (including phenoxy) is 10. The van der Waals surface area contributed by atoms with Crippen LogP contribution in [0.1, 0.15) is 101 Å². The number of cyclic esters (lactones) is 1. The number of hydrogen-bond donors (Lipinski definition) is 3. The third kappa shape index (κ3) is 12.6. The maximum absolute atomic E-state index is 14.5. The van der Waals surface area contributed by atoms with Gasteiger partial charge in [0.2, 0.25) is 0 Å². The Balaban J connectivity index is 2.18. The smallest absolute Gasteiger partial charge is 0.407 e. The van der Waals surface area contributed by atoms with Crippen molar-refractivity contribution in [3.05, 3.63) is 0 Å². The molecule has 0 bridgehead atoms. The Kier molecular flexibility index (Phi) is 19.9. The number of Topliss-reactive ketones (excluding diaryl/α,β-unsaturated/α-hetero) is 1. The van der Waals surface area contributed by atoms with E-state index in [1.807, 2.05) is 39.8 Å². The molecule has 0 aromatic rings. The number of carbonyl (C=O) groups excluding carboxylic acids is 3. The average Bonchev–Trinajstić information content (AvgIpc) is 3.20. The van der Waals surface area contributed by atoms with E-state index >= 15 is 0 Å². The van der Waals surface area contributed by atoms with Crippen molar-refractivity contribution >= 4 is 17.8 Å². The predicted molar refractivity (Wildman–Crippen MR) is 225 cm³/mol. The van der Waals surface area contributed by atoms with Crippen LogP contribution in [0.4, 0.5) is 4.79 Å². The molecule has 3 saturated heterocycles. The monoisotopic (exact) mass is 877 g/mol. The molecule has 17 nitrogen and oxygen atoms in total. The van der Waals surface area contributed by atoms with Crippen LogP contribution in [0, 0.1) is 23.7 Å². The van der Waals surface area contributed by atoms with Gasteiger partial charge in [-0.3, -0.25) is 9.59 Å². The molecule has 0 aromatic carbocycles. The average molecular weight is 877 g/mol. The van der Waals surface area contributed by atoms with E-state index < -0.39 is 108 Å². The van der Waals surface area contributed by atoms with Gasteiger partial charge in [-0.25, -0.2) is 4.79 Å². The molecule has 0 spiro atoms. The van der Waals surface area contributed by atoms with Crippen LogP contribution in [0.25, 0.3) is 0 Å². The summed E-state index contributed by atoms with van der Waals surface area (Å²) < 4.78 is 61.9. The second-order valence-electron chi connectivity index (χ2n) is 18.5. The second kappa shape index (κ2) is 22.7. The van der Waals surface area contributed by atoms with Crippen molar-refractivity contribution in [2.24, 2.45) is 23.7 Å². The fourth-order valence-corrected chi connectivity index (χ4v) is 9.79. The highest BCUT2D eigenvalue weighted by molar-refractivity contribution is 5.83. The molecule has 3 rings (SSSR count). The van der Waals surface area contributed by atoms with Crippen molar-refractivity contribution in [1.29, 1.82) is 0 Å². The zero-order valence-corrected chi connectivity index (χ0v) is 39.8. The normalized spacial score (nSPS) is 43.4. The molecule has 0 radical (unpaired) electrons. The quantitative estimate of drug-likeness (QED) is 0.168. The van der Waals surface area contributed by atoms with Gasteiger partial charge in [-0.15, -0.1) is 0 Å². The number of rotatable bonds is 14. The minimum Gasteiger partial charge on any atom is -0.459 e. The fourth-order valence-electron chi connectivity index (χ4n) is 9.79. The third-order valence-corrected chi connectivity index (χ3v) is 13.5. The first-order valence-electron chi connectivity index (χ1n) is 22.0. The molecule has 3 aliphatic rings. The minimum absolute atomic E-state index is 0.0885. The summed E-state index contributed by atoms with van der Waals surface area (Å²) >= 11 is 0. The summed E-state index contributed by atoms with van der Waals surface area (Å²) in [7, 11) is 9.83. The van der Waals surface area contributed by atoms with E-state index in [9.17, 15) is 24.6 Å². The van der Waals surface area contributed by atoms with Crippen LogP contribution in [0.5, 0.6) is 0 Å². The standard InChI is InChI=1S/C44H80N2O15/c1-17-31-44(10,51)37(53-14)26(4)33(47)24(2)22-42(8,54-15)36(60-40-34(48)30(46(11)12)21-25(3)56-40)27(5)35(28(6)39(49)58-31)59-32-23-43(9,55-16)38(29(7)57-32)61-41(50)45-19-18-20-52-13/h24-32,34-38,40,48,51H,17-23H2,1-16H3,(H,45,50)/t24-,25-,26+,27+,28-,29+,30+,31-,32+,34-,35+,36-,37-,38+,40+,42-,43-,44-/m1/s1. The molecule has 0 aliphatic carbocycles. The van der Waals surface area contributed by atoms with Gasteiger partial charge in [-0.2, -0.15) is 0 Å². The molecule has 356 valence electrons. The van der Waals surface area contributed by atoms with Crippen molar-refractivity contribution in [2.45, 2.75) is 186 Å². The number of methoxy groups -OCH3 is 4. The SMILES string of the molecule is CC[C@H]1OC(=O)[C@H](C)[C@@H](O[C@H]2C[C@@](C)(OC)[C@@H](OC(=O)NCCCOC)[C@H](C)O2)[C@H](C)[C@@H](O[C@@H]2O[C@H](C)C[C@H](N(C)C)[C@H]2O)[C@](C)(OC)C[C@@H](C)C(=O)[C@H](C)[C@@H](OC)[C@]1(C)O. The summed E-state index contributed by atoms with van der Waals surface area (Å²) in [6, 6.07) is -0.296. The molecule has 3 aliphatic heterocycles. The highest BCUT2D eigenvalue weighted by Gasteiger charge is 2.55. The minimum atomic E-state index is -1.77. The molecule has 61 heavy (non-hydrogen) atoms. The number of esters is 1. The summed E-state index contributed by atoms with van der Waals surface area (Å²) in [5.41, 5.74) is -4.12. The molecule has 3 fully saturated rings. The Morgan fingerprint density at radius 2 is 1.51 bits per heavy atom. The number of amides is 1. The molecule has 18 atom stereocenters. The Morgan fingerprint density at radius 3 is 2.07 bits per heavy atom. The van der Waals surface area contributed by atoms with Gasteiger partial charge in [0.05, 0.1) is 42.0 Å². The molecule has 3 N–H and O–H groups in total. The first kappa shape index (κ1) is 53.3. The van der Waals surface area contributed by atoms with Gasteiger partial charge in [0, 0.05) is 71.8 Å². The summed E-state index contributed by atoms with van der Waals surface area (Å²) in [5, 5.41) is 26.5. The number of alkyl carbamates (subject to hydrolysis) is 1. The first-order valence-corrected chi connectivity index (χ1v) is 22.0. The lowest BCUT2D eigenvalue weighted by molar-refractivity contribution is -0.319. The number of nitrogens with one attached hydrogen (secondary N) is 1. The van der Waals surface area contributed by atoms with E-state index in [2.05, 4.69) is 5.32 Å². The van der Waals surface area contributed by atoms with Crippen LogP contribution in [0.15, 0.2) is 0 Å². The van der Waals surface area contributed by atoms with Crippen molar-refractivity contribution in [3.8, 4) is 0 Å². The second-order valence-corrected chi connectivity index (χ2v) is 18.5. The summed E-state index contributed by atoms with van der Waals surface area (Å²) in [6.45, 7) is 18.5. The van der Waals surface area contributed by atoms with Gasteiger partial charge in [0.15, 0.2) is 18.7 Å². The topological polar surface area (TPSA) is 199 Å². The molecule has 0 aromatic heterocycles. The van der Waals surface area contributed by atoms with Crippen LogP contribution < -0.4 is 5.32 Å². The molecule has 3 heterocycles. The lowest BCUT2D eigenvalue weighted by Gasteiger charge is -2.50. The number of nitrogens with zero attached hydrogens (tertiary/aromatic N) is 1. The van der Waals surface area contributed by atoms with Gasteiger partial charge in [0.25, 0.3) is 0 Å². The van der Waals surface area contributed by atoms with E-state index in [-0.39, 0.29) is 37.2 Å². The van der Waals surface area contributed by atoms with E-state index in [0.717, 1.165) is 0 Å². The number of aliphatic hydroxyl groups excluding tert-OH is 1. The van der Waals surface area contributed by atoms with E-state index in [1.165, 1.54) is 28.3 Å². The third-order valence-electron chi connectivity index (χ3n) is 13.5. The molecular formula is C44H80N2O15. The molecule has 0 saturated carbocycles. The lowest BCUT2D eigenvalue weighted by atomic mass is 9.73. The van der Waals surface area contributed by atoms with Gasteiger partial charge in [-0.1, -0.05) is 27.7 Å².